The van der Waals surface area contributed by atoms with Crippen molar-refractivity contribution in [3.63, 3.8) is 0 Å². The van der Waals surface area contributed by atoms with E-state index in [9.17, 15) is 4.79 Å². The zero-order chi connectivity index (χ0) is 17.2. The van der Waals surface area contributed by atoms with Crippen LogP contribution in [0.2, 0.25) is 0 Å². The fourth-order valence-corrected chi connectivity index (χ4v) is 2.56. The number of nitrogens with one attached hydrogen (secondary N) is 1. The van der Waals surface area contributed by atoms with Crippen molar-refractivity contribution < 1.29 is 4.79 Å². The van der Waals surface area contributed by atoms with Gasteiger partial charge in [0.05, 0.1) is 0 Å². The average molecular weight is 310 g/mol. The molecule has 1 amide bonds. The Bertz CT molecular complexity index is 712. The van der Waals surface area contributed by atoms with E-state index >= 15 is 0 Å². The largest absolute Gasteiger partial charge is 0.321 e. The Kier molecular flexibility index (Phi) is 4.88. The lowest BCUT2D eigenvalue weighted by molar-refractivity contribution is 0.102. The third-order valence-electron chi connectivity index (χ3n) is 4.02. The molecule has 0 atom stereocenters. The summed E-state index contributed by atoms with van der Waals surface area (Å²) in [6.45, 7) is 12.8. The summed E-state index contributed by atoms with van der Waals surface area (Å²) in [6, 6.07) is 9.86. The lowest BCUT2D eigenvalue weighted by Gasteiger charge is -2.19. The van der Waals surface area contributed by atoms with Gasteiger partial charge in [0.25, 0.3) is 5.91 Å². The highest BCUT2D eigenvalue weighted by Crippen LogP contribution is 2.24. The summed E-state index contributed by atoms with van der Waals surface area (Å²) in [5.74, 6) is 0.254. The highest BCUT2D eigenvalue weighted by molar-refractivity contribution is 6.03. The molecule has 1 aromatic heterocycles. The van der Waals surface area contributed by atoms with Crippen LogP contribution in [0, 0.1) is 6.92 Å². The quantitative estimate of drug-likeness (QED) is 0.860. The topological polar surface area (TPSA) is 42.0 Å². The third kappa shape index (κ3) is 4.19. The Hall–Kier alpha value is -2.16. The molecule has 0 spiro atoms. The molecule has 1 heterocycles. The van der Waals surface area contributed by atoms with Crippen molar-refractivity contribution in [1.82, 2.24) is 4.98 Å². The van der Waals surface area contributed by atoms with Gasteiger partial charge < -0.3 is 5.32 Å². The van der Waals surface area contributed by atoms with Crippen molar-refractivity contribution in [3.8, 4) is 0 Å². The summed E-state index contributed by atoms with van der Waals surface area (Å²) in [5.41, 5.74) is 4.85. The molecular formula is C20H26N2O. The third-order valence-corrected chi connectivity index (χ3v) is 4.02. The van der Waals surface area contributed by atoms with E-state index in [-0.39, 0.29) is 11.3 Å². The number of benzene rings is 1. The Morgan fingerprint density at radius 2 is 1.83 bits per heavy atom. The standard InChI is InChI=1S/C20H26N2O/c1-13(2)17-12-16(8-7-14(17)3)22-19(23)18-11-15(9-10-21-18)20(4,5)6/h7-13H,1-6H3,(H,22,23). The minimum atomic E-state index is -0.172. The molecule has 1 aromatic carbocycles. The lowest BCUT2D eigenvalue weighted by atomic mass is 9.87. The summed E-state index contributed by atoms with van der Waals surface area (Å²) in [4.78, 5) is 16.7. The molecule has 23 heavy (non-hydrogen) atoms. The van der Waals surface area contributed by atoms with Crippen LogP contribution in [-0.4, -0.2) is 10.9 Å². The molecule has 0 radical (unpaired) electrons. The summed E-state index contributed by atoms with van der Waals surface area (Å²) in [6.07, 6.45) is 1.70. The number of pyridine rings is 1. The second-order valence-electron chi connectivity index (χ2n) is 7.36. The maximum absolute atomic E-state index is 12.5. The number of hydrogen-bond donors (Lipinski definition) is 1. The summed E-state index contributed by atoms with van der Waals surface area (Å²) in [5, 5.41) is 2.96. The zero-order valence-corrected chi connectivity index (χ0v) is 14.9. The van der Waals surface area contributed by atoms with E-state index in [1.54, 1.807) is 6.20 Å². The van der Waals surface area contributed by atoms with Gasteiger partial charge in [-0.1, -0.05) is 40.7 Å². The molecule has 3 nitrogen and oxygen atoms in total. The number of carbonyl (C=O) groups is 1. The Morgan fingerprint density at radius 3 is 2.43 bits per heavy atom. The van der Waals surface area contributed by atoms with Crippen molar-refractivity contribution in [3.05, 3.63) is 58.9 Å². The van der Waals surface area contributed by atoms with Crippen molar-refractivity contribution in [2.45, 2.75) is 52.9 Å². The van der Waals surface area contributed by atoms with Crippen LogP contribution in [0.25, 0.3) is 0 Å². The van der Waals surface area contributed by atoms with Crippen LogP contribution in [0.4, 0.5) is 5.69 Å². The van der Waals surface area contributed by atoms with Crippen LogP contribution in [0.3, 0.4) is 0 Å². The first-order valence-corrected chi connectivity index (χ1v) is 8.07. The molecule has 3 heteroatoms. The fraction of sp³-hybridized carbons (Fsp3) is 0.400. The van der Waals surface area contributed by atoms with Crippen LogP contribution < -0.4 is 5.32 Å². The maximum Gasteiger partial charge on any atom is 0.274 e. The van der Waals surface area contributed by atoms with Gasteiger partial charge in [0.15, 0.2) is 0 Å². The summed E-state index contributed by atoms with van der Waals surface area (Å²) < 4.78 is 0. The molecule has 0 unspecified atom stereocenters. The number of nitrogens with zero attached hydrogens (tertiary/aromatic N) is 1. The van der Waals surface area contributed by atoms with E-state index in [1.807, 2.05) is 30.3 Å². The highest BCUT2D eigenvalue weighted by Gasteiger charge is 2.17. The van der Waals surface area contributed by atoms with Crippen molar-refractivity contribution in [2.24, 2.45) is 0 Å². The molecule has 0 aliphatic rings. The SMILES string of the molecule is Cc1ccc(NC(=O)c2cc(C(C)(C)C)ccn2)cc1C(C)C. The van der Waals surface area contributed by atoms with Crippen LogP contribution in [0.5, 0.6) is 0 Å². The predicted molar refractivity (Wildman–Crippen MR) is 96.2 cm³/mol. The van der Waals surface area contributed by atoms with E-state index < -0.39 is 0 Å². The van der Waals surface area contributed by atoms with E-state index in [1.165, 1.54) is 11.1 Å². The van der Waals surface area contributed by atoms with Gasteiger partial charge in [0.1, 0.15) is 5.69 Å². The molecule has 0 aliphatic carbocycles. The Balaban J connectivity index is 2.24. The van der Waals surface area contributed by atoms with Crippen LogP contribution in [0.15, 0.2) is 36.5 Å². The molecule has 0 aliphatic heterocycles. The van der Waals surface area contributed by atoms with Crippen LogP contribution >= 0.6 is 0 Å². The van der Waals surface area contributed by atoms with Crippen molar-refractivity contribution in [1.29, 1.82) is 0 Å². The van der Waals surface area contributed by atoms with Gasteiger partial charge in [0, 0.05) is 11.9 Å². The number of anilines is 1. The minimum Gasteiger partial charge on any atom is -0.321 e. The fourth-order valence-electron chi connectivity index (χ4n) is 2.56. The lowest BCUT2D eigenvalue weighted by Crippen LogP contribution is -2.17. The monoisotopic (exact) mass is 310 g/mol. The average Bonchev–Trinajstić information content (AvgIpc) is 2.48. The second kappa shape index (κ2) is 6.53. The first-order chi connectivity index (χ1) is 10.7. The second-order valence-corrected chi connectivity index (χ2v) is 7.36. The normalized spacial score (nSPS) is 11.6. The van der Waals surface area contributed by atoms with Gasteiger partial charge in [-0.15, -0.1) is 0 Å². The minimum absolute atomic E-state index is 0.00730. The number of aryl methyl sites for hydroxylation is 1. The zero-order valence-electron chi connectivity index (χ0n) is 14.9. The molecule has 2 rings (SSSR count). The van der Waals surface area contributed by atoms with E-state index in [0.717, 1.165) is 11.3 Å². The Labute approximate surface area is 139 Å². The number of amides is 1. The first-order valence-electron chi connectivity index (χ1n) is 8.07. The molecular weight excluding hydrogens is 284 g/mol. The Morgan fingerprint density at radius 1 is 1.13 bits per heavy atom. The molecule has 0 saturated carbocycles. The molecule has 122 valence electrons. The van der Waals surface area contributed by atoms with Gasteiger partial charge in [-0.3, -0.25) is 9.78 Å². The van der Waals surface area contributed by atoms with Gasteiger partial charge in [-0.2, -0.15) is 0 Å². The van der Waals surface area contributed by atoms with E-state index in [2.05, 4.69) is 51.8 Å². The van der Waals surface area contributed by atoms with Crippen LogP contribution in [-0.2, 0) is 5.41 Å². The van der Waals surface area contributed by atoms with Gasteiger partial charge in [-0.25, -0.2) is 0 Å². The van der Waals surface area contributed by atoms with Crippen molar-refractivity contribution in [2.75, 3.05) is 5.32 Å². The van der Waals surface area contributed by atoms with Crippen LogP contribution in [0.1, 0.15) is 67.7 Å². The smallest absolute Gasteiger partial charge is 0.274 e. The molecule has 2 aromatic rings. The number of carbonyl (C=O) groups excluding carboxylic acids is 1. The van der Waals surface area contributed by atoms with Gasteiger partial charge >= 0.3 is 0 Å². The molecule has 0 saturated heterocycles. The van der Waals surface area contributed by atoms with Crippen molar-refractivity contribution >= 4 is 11.6 Å². The number of rotatable bonds is 3. The number of aromatic nitrogens is 1. The van der Waals surface area contributed by atoms with E-state index in [0.29, 0.717) is 11.6 Å². The number of hydrogen-bond acceptors (Lipinski definition) is 2. The maximum atomic E-state index is 12.5. The van der Waals surface area contributed by atoms with Gasteiger partial charge in [0.2, 0.25) is 0 Å². The van der Waals surface area contributed by atoms with E-state index in [4.69, 9.17) is 0 Å². The molecule has 0 fully saturated rings. The summed E-state index contributed by atoms with van der Waals surface area (Å²) in [7, 11) is 0. The van der Waals surface area contributed by atoms with Gasteiger partial charge in [-0.05, 0) is 59.2 Å². The molecule has 0 bridgehead atoms. The first kappa shape index (κ1) is 17.2. The predicted octanol–water partition coefficient (Wildman–Crippen LogP) is 5.06. The summed E-state index contributed by atoms with van der Waals surface area (Å²) >= 11 is 0. The highest BCUT2D eigenvalue weighted by atomic mass is 16.1. The molecule has 1 N–H and O–H groups in total.